The Labute approximate surface area is 66.8 Å². The van der Waals surface area contributed by atoms with E-state index in [-0.39, 0.29) is 6.67 Å². The second kappa shape index (κ2) is 4.02. The SMILES string of the molecule is OC1(CCCF)CCCNC1. The molecule has 0 spiro atoms. The average Bonchev–Trinajstić information content (AvgIpc) is 2.03. The summed E-state index contributed by atoms with van der Waals surface area (Å²) < 4.78 is 11.8. The molecular formula is C8H16FNO. The van der Waals surface area contributed by atoms with E-state index in [1.807, 2.05) is 0 Å². The fraction of sp³-hybridized carbons (Fsp3) is 1.00. The number of rotatable bonds is 3. The zero-order valence-electron chi connectivity index (χ0n) is 6.77. The van der Waals surface area contributed by atoms with Gasteiger partial charge in [-0.3, -0.25) is 4.39 Å². The lowest BCUT2D eigenvalue weighted by atomic mass is 9.90. The molecule has 1 aliphatic heterocycles. The smallest absolute Gasteiger partial charge is 0.0895 e. The molecule has 2 nitrogen and oxygen atoms in total. The van der Waals surface area contributed by atoms with E-state index in [4.69, 9.17) is 0 Å². The fourth-order valence-corrected chi connectivity index (χ4v) is 1.56. The van der Waals surface area contributed by atoms with E-state index >= 15 is 0 Å². The summed E-state index contributed by atoms with van der Waals surface area (Å²) in [5.74, 6) is 0. The van der Waals surface area contributed by atoms with Crippen LogP contribution in [0.25, 0.3) is 0 Å². The number of nitrogens with one attached hydrogen (secondary N) is 1. The lowest BCUT2D eigenvalue weighted by Crippen LogP contribution is -2.45. The van der Waals surface area contributed by atoms with E-state index in [0.717, 1.165) is 19.4 Å². The summed E-state index contributed by atoms with van der Waals surface area (Å²) in [6, 6.07) is 0. The van der Waals surface area contributed by atoms with Crippen LogP contribution in [0.1, 0.15) is 25.7 Å². The van der Waals surface area contributed by atoms with Gasteiger partial charge in [0.1, 0.15) is 0 Å². The molecule has 0 aromatic carbocycles. The Kier molecular flexibility index (Phi) is 3.27. The second-order valence-electron chi connectivity index (χ2n) is 3.30. The minimum atomic E-state index is -0.621. The van der Waals surface area contributed by atoms with Gasteiger partial charge in [-0.05, 0) is 32.2 Å². The van der Waals surface area contributed by atoms with Gasteiger partial charge in [0.15, 0.2) is 0 Å². The normalized spacial score (nSPS) is 32.2. The van der Waals surface area contributed by atoms with Gasteiger partial charge in [0.25, 0.3) is 0 Å². The highest BCUT2D eigenvalue weighted by Crippen LogP contribution is 2.21. The van der Waals surface area contributed by atoms with Gasteiger partial charge in [-0.2, -0.15) is 0 Å². The molecule has 0 radical (unpaired) electrons. The molecule has 1 rings (SSSR count). The Balaban J connectivity index is 2.25. The molecule has 0 bridgehead atoms. The largest absolute Gasteiger partial charge is 0.389 e. The number of alkyl halides is 1. The van der Waals surface area contributed by atoms with Crippen LogP contribution in [0.2, 0.25) is 0 Å². The topological polar surface area (TPSA) is 32.3 Å². The number of aliphatic hydroxyl groups is 1. The molecule has 1 heterocycles. The van der Waals surface area contributed by atoms with Crippen molar-refractivity contribution in [1.29, 1.82) is 0 Å². The number of halogens is 1. The molecular weight excluding hydrogens is 145 g/mol. The summed E-state index contributed by atoms with van der Waals surface area (Å²) in [6.07, 6.45) is 2.90. The quantitative estimate of drug-likeness (QED) is 0.643. The number of hydrogen-bond acceptors (Lipinski definition) is 2. The Morgan fingerprint density at radius 2 is 2.36 bits per heavy atom. The van der Waals surface area contributed by atoms with Gasteiger partial charge in [-0.1, -0.05) is 0 Å². The van der Waals surface area contributed by atoms with Crippen molar-refractivity contribution >= 4 is 0 Å². The van der Waals surface area contributed by atoms with E-state index in [2.05, 4.69) is 5.32 Å². The summed E-state index contributed by atoms with van der Waals surface area (Å²) in [7, 11) is 0. The highest BCUT2D eigenvalue weighted by molar-refractivity contribution is 4.84. The van der Waals surface area contributed by atoms with Crippen LogP contribution in [0.15, 0.2) is 0 Å². The Hall–Kier alpha value is -0.150. The zero-order valence-corrected chi connectivity index (χ0v) is 6.77. The third kappa shape index (κ3) is 2.75. The molecule has 2 N–H and O–H groups in total. The molecule has 0 saturated carbocycles. The standard InChI is InChI=1S/C8H16FNO/c9-5-1-3-8(11)4-2-6-10-7-8/h10-11H,1-7H2. The first-order valence-corrected chi connectivity index (χ1v) is 4.26. The van der Waals surface area contributed by atoms with Crippen molar-refractivity contribution in [1.82, 2.24) is 5.32 Å². The van der Waals surface area contributed by atoms with Crippen molar-refractivity contribution in [3.05, 3.63) is 0 Å². The van der Waals surface area contributed by atoms with E-state index in [0.29, 0.717) is 19.4 Å². The third-order valence-electron chi connectivity index (χ3n) is 2.23. The summed E-state index contributed by atoms with van der Waals surface area (Å²) in [4.78, 5) is 0. The van der Waals surface area contributed by atoms with Crippen LogP contribution in [0, 0.1) is 0 Å². The monoisotopic (exact) mass is 161 g/mol. The van der Waals surface area contributed by atoms with Crippen LogP contribution in [0.3, 0.4) is 0 Å². The molecule has 1 fully saturated rings. The zero-order chi connectivity index (χ0) is 8.16. The van der Waals surface area contributed by atoms with Crippen LogP contribution in [0.5, 0.6) is 0 Å². The Bertz CT molecular complexity index is 113. The third-order valence-corrected chi connectivity index (χ3v) is 2.23. The van der Waals surface area contributed by atoms with Crippen LogP contribution in [-0.4, -0.2) is 30.5 Å². The molecule has 0 aromatic rings. The van der Waals surface area contributed by atoms with Crippen molar-refractivity contribution in [3.63, 3.8) is 0 Å². The predicted octanol–water partition coefficient (Wildman–Crippen LogP) is 0.851. The maximum absolute atomic E-state index is 11.8. The van der Waals surface area contributed by atoms with Crippen LogP contribution < -0.4 is 5.32 Å². The van der Waals surface area contributed by atoms with Crippen LogP contribution >= 0.6 is 0 Å². The van der Waals surface area contributed by atoms with E-state index < -0.39 is 5.60 Å². The molecule has 11 heavy (non-hydrogen) atoms. The molecule has 0 aliphatic carbocycles. The average molecular weight is 161 g/mol. The van der Waals surface area contributed by atoms with Gasteiger partial charge in [0.05, 0.1) is 12.3 Å². The van der Waals surface area contributed by atoms with Gasteiger partial charge >= 0.3 is 0 Å². The molecule has 1 atom stereocenters. The molecule has 66 valence electrons. The van der Waals surface area contributed by atoms with Crippen molar-refractivity contribution in [2.45, 2.75) is 31.3 Å². The van der Waals surface area contributed by atoms with Crippen molar-refractivity contribution in [2.24, 2.45) is 0 Å². The highest BCUT2D eigenvalue weighted by atomic mass is 19.1. The molecule has 1 aliphatic rings. The lowest BCUT2D eigenvalue weighted by Gasteiger charge is -2.32. The van der Waals surface area contributed by atoms with Gasteiger partial charge in [0, 0.05) is 6.54 Å². The van der Waals surface area contributed by atoms with E-state index in [9.17, 15) is 9.50 Å². The number of hydrogen-bond donors (Lipinski definition) is 2. The maximum atomic E-state index is 11.8. The molecule has 3 heteroatoms. The van der Waals surface area contributed by atoms with Gasteiger partial charge in [-0.25, -0.2) is 0 Å². The first-order chi connectivity index (χ1) is 5.27. The summed E-state index contributed by atoms with van der Waals surface area (Å²) >= 11 is 0. The Morgan fingerprint density at radius 3 is 2.91 bits per heavy atom. The summed E-state index contributed by atoms with van der Waals surface area (Å²) in [5.41, 5.74) is -0.621. The number of piperidine rings is 1. The predicted molar refractivity (Wildman–Crippen MR) is 42.3 cm³/mol. The fourth-order valence-electron chi connectivity index (χ4n) is 1.56. The number of β-amino-alcohol motifs (C(OH)–C–C–N with tert-alkyl or cyclic N) is 1. The first kappa shape index (κ1) is 8.94. The summed E-state index contributed by atoms with van der Waals surface area (Å²) in [5, 5.41) is 12.9. The van der Waals surface area contributed by atoms with Crippen LogP contribution in [0.4, 0.5) is 4.39 Å². The molecule has 1 unspecified atom stereocenters. The van der Waals surface area contributed by atoms with Gasteiger partial charge in [-0.15, -0.1) is 0 Å². The molecule has 0 aromatic heterocycles. The van der Waals surface area contributed by atoms with E-state index in [1.165, 1.54) is 0 Å². The maximum Gasteiger partial charge on any atom is 0.0895 e. The first-order valence-electron chi connectivity index (χ1n) is 4.26. The Morgan fingerprint density at radius 1 is 1.55 bits per heavy atom. The van der Waals surface area contributed by atoms with Crippen molar-refractivity contribution in [2.75, 3.05) is 19.8 Å². The molecule has 1 saturated heterocycles. The summed E-state index contributed by atoms with van der Waals surface area (Å²) in [6.45, 7) is 1.30. The van der Waals surface area contributed by atoms with Crippen molar-refractivity contribution in [3.8, 4) is 0 Å². The minimum absolute atomic E-state index is 0.317. The second-order valence-corrected chi connectivity index (χ2v) is 3.30. The molecule has 0 amide bonds. The van der Waals surface area contributed by atoms with Crippen LogP contribution in [-0.2, 0) is 0 Å². The highest BCUT2D eigenvalue weighted by Gasteiger charge is 2.27. The van der Waals surface area contributed by atoms with Gasteiger partial charge in [0.2, 0.25) is 0 Å². The van der Waals surface area contributed by atoms with Gasteiger partial charge < -0.3 is 10.4 Å². The van der Waals surface area contributed by atoms with Crippen molar-refractivity contribution < 1.29 is 9.50 Å². The van der Waals surface area contributed by atoms with E-state index in [1.54, 1.807) is 0 Å². The lowest BCUT2D eigenvalue weighted by molar-refractivity contribution is 0.00551. The minimum Gasteiger partial charge on any atom is -0.389 e.